The van der Waals surface area contributed by atoms with Crippen molar-refractivity contribution in [2.45, 2.75) is 180 Å². The highest BCUT2D eigenvalue weighted by atomic mass is 16.6. The fourth-order valence-electron chi connectivity index (χ4n) is 10.7. The van der Waals surface area contributed by atoms with Gasteiger partial charge in [-0.05, 0) is 117 Å². The van der Waals surface area contributed by atoms with Crippen molar-refractivity contribution in [3.05, 3.63) is 53.9 Å². The normalized spacial score (nSPS) is 38.8. The molecular weight excluding hydrogens is 887 g/mol. The number of ether oxygens (including phenoxy) is 5. The van der Waals surface area contributed by atoms with Crippen molar-refractivity contribution in [1.82, 2.24) is 25.1 Å². The molecule has 3 aliphatic heterocycles. The standard InChI is InChI=1S/C52H79N5O12/c1-31-16-12-11-13-17-32(2)43(65-8)28-39-21-19-37(7)52(64,69-39)49(61)50(62)56-23-15-14-18-41(56)51(63)68-44(34(4)26-38-20-22-40(45(27-38)66-9)57-30-53-54-55-57)29-42(58)33(3)25-36(6)47(60)48(67-10)46(59)35(5)24-31/h11-13,16-17,25,30-31,33-35,37-41,43-45,47-48,60,64H,14-15,18-24,26-29H2,1-10H3/b13-11+,16-12+,32-17+,36-25+/t31-,33-,34?,35?,37?,38?,39+,40?,41?,43+,44+,45?,47-,48?,52?/m1/s1. The van der Waals surface area contributed by atoms with Crippen LogP contribution in [0, 0.1) is 35.5 Å². The Morgan fingerprint density at radius 2 is 1.64 bits per heavy atom. The van der Waals surface area contributed by atoms with E-state index >= 15 is 0 Å². The zero-order valence-electron chi connectivity index (χ0n) is 42.5. The lowest BCUT2D eigenvalue weighted by molar-refractivity contribution is -0.265. The maximum atomic E-state index is 14.5. The fourth-order valence-corrected chi connectivity index (χ4v) is 10.7. The van der Waals surface area contributed by atoms with E-state index in [0.29, 0.717) is 56.9 Å². The topological polar surface area (TPSA) is 219 Å². The number of methoxy groups -OCH3 is 3. The monoisotopic (exact) mass is 966 g/mol. The number of amides is 1. The number of aromatic nitrogens is 4. The zero-order valence-corrected chi connectivity index (χ0v) is 42.5. The highest BCUT2D eigenvalue weighted by Crippen LogP contribution is 2.39. The predicted molar refractivity (Wildman–Crippen MR) is 256 cm³/mol. The van der Waals surface area contributed by atoms with Crippen molar-refractivity contribution in [3.63, 3.8) is 0 Å². The van der Waals surface area contributed by atoms with Gasteiger partial charge in [-0.15, -0.1) is 5.10 Å². The Balaban J connectivity index is 1.46. The summed E-state index contributed by atoms with van der Waals surface area (Å²) >= 11 is 0. The second kappa shape index (κ2) is 25.7. The number of carbonyl (C=O) groups is 5. The number of carbonyl (C=O) groups excluding carboxylic acids is 5. The molecule has 384 valence electrons. The Morgan fingerprint density at radius 1 is 0.884 bits per heavy atom. The van der Waals surface area contributed by atoms with Crippen LogP contribution in [0.25, 0.3) is 0 Å². The predicted octanol–water partition coefficient (Wildman–Crippen LogP) is 6.05. The Bertz CT molecular complexity index is 2020. The number of Topliss-reactive ketones (excluding diaryl/α,β-unsaturated/α-hetero) is 3. The van der Waals surface area contributed by atoms with Crippen LogP contribution in [0.2, 0.25) is 0 Å². The van der Waals surface area contributed by atoms with Crippen LogP contribution in [0.4, 0.5) is 0 Å². The number of tetrazole rings is 1. The minimum Gasteiger partial charge on any atom is -0.460 e. The number of ketones is 3. The van der Waals surface area contributed by atoms with Crippen LogP contribution in [-0.4, -0.2) is 141 Å². The molecule has 5 rings (SSSR count). The van der Waals surface area contributed by atoms with Crippen LogP contribution in [0.5, 0.6) is 0 Å². The van der Waals surface area contributed by atoms with Crippen molar-refractivity contribution in [2.24, 2.45) is 35.5 Å². The van der Waals surface area contributed by atoms with E-state index < -0.39 is 77.8 Å². The molecular formula is C52H79N5O12. The van der Waals surface area contributed by atoms with Crippen molar-refractivity contribution in [2.75, 3.05) is 27.9 Å². The largest absolute Gasteiger partial charge is 0.460 e. The van der Waals surface area contributed by atoms with Crippen molar-refractivity contribution in [1.29, 1.82) is 0 Å². The maximum absolute atomic E-state index is 14.5. The summed E-state index contributed by atoms with van der Waals surface area (Å²) in [5.74, 6) is -7.92. The van der Waals surface area contributed by atoms with Gasteiger partial charge in [0.15, 0.2) is 5.78 Å². The molecule has 1 aromatic rings. The van der Waals surface area contributed by atoms with Gasteiger partial charge < -0.3 is 38.8 Å². The molecule has 15 atom stereocenters. The van der Waals surface area contributed by atoms with Gasteiger partial charge in [0.1, 0.15) is 36.5 Å². The molecule has 9 unspecified atom stereocenters. The summed E-state index contributed by atoms with van der Waals surface area (Å²) in [6.45, 7) is 12.8. The average Bonchev–Trinajstić information content (AvgIpc) is 3.88. The van der Waals surface area contributed by atoms with E-state index in [0.717, 1.165) is 18.4 Å². The van der Waals surface area contributed by atoms with Gasteiger partial charge in [0.25, 0.3) is 11.7 Å². The number of piperidine rings is 1. The Morgan fingerprint density at radius 3 is 2.32 bits per heavy atom. The Labute approximate surface area is 408 Å². The van der Waals surface area contributed by atoms with Gasteiger partial charge >= 0.3 is 5.97 Å². The van der Waals surface area contributed by atoms with Crippen LogP contribution in [-0.2, 0) is 47.7 Å². The molecule has 1 aromatic heterocycles. The van der Waals surface area contributed by atoms with Gasteiger partial charge in [-0.3, -0.25) is 19.2 Å². The molecule has 2 bridgehead atoms. The van der Waals surface area contributed by atoms with E-state index in [4.69, 9.17) is 23.7 Å². The van der Waals surface area contributed by atoms with Gasteiger partial charge in [-0.25, -0.2) is 9.48 Å². The first-order valence-electron chi connectivity index (χ1n) is 25.0. The van der Waals surface area contributed by atoms with E-state index in [-0.39, 0.29) is 60.9 Å². The number of esters is 1. The Hall–Kier alpha value is -4.26. The molecule has 4 aliphatic rings. The molecule has 2 N–H and O–H groups in total. The van der Waals surface area contributed by atoms with Crippen molar-refractivity contribution < 1.29 is 57.9 Å². The summed E-state index contributed by atoms with van der Waals surface area (Å²) in [6, 6.07) is -1.19. The van der Waals surface area contributed by atoms with Gasteiger partial charge in [0, 0.05) is 58.5 Å². The number of fused-ring (bicyclic) bond motifs is 3. The second-order valence-corrected chi connectivity index (χ2v) is 20.4. The molecule has 1 amide bonds. The smallest absolute Gasteiger partial charge is 0.329 e. The lowest BCUT2D eigenvalue weighted by Gasteiger charge is -2.42. The van der Waals surface area contributed by atoms with Crippen LogP contribution < -0.4 is 0 Å². The van der Waals surface area contributed by atoms with E-state index in [2.05, 4.69) is 15.5 Å². The fraction of sp³-hybridized carbons (Fsp3) is 0.731. The van der Waals surface area contributed by atoms with Crippen LogP contribution in [0.15, 0.2) is 53.9 Å². The number of hydrogen-bond donors (Lipinski definition) is 2. The SMILES string of the molecule is COC1CC(CC(C)[C@@H]2CC(=O)[C@H](C)/C=C(\C)[C@@H](O)C(OC)C(=O)C(C)C[C@H](C)/C=C/C=C/C=C(\C)[C@@H](OC)C[C@@H]3CCC(C)C(O)(O3)C(=O)C(=O)N3CCCCC3C(=O)O2)CCC1n1cnnn1. The first-order valence-corrected chi connectivity index (χ1v) is 25.0. The lowest BCUT2D eigenvalue weighted by atomic mass is 9.77. The van der Waals surface area contributed by atoms with E-state index in [1.54, 1.807) is 52.1 Å². The Kier molecular flexibility index (Phi) is 20.8. The van der Waals surface area contributed by atoms with Crippen LogP contribution in [0.1, 0.15) is 132 Å². The van der Waals surface area contributed by atoms with E-state index in [1.807, 2.05) is 58.1 Å². The molecule has 17 nitrogen and oxygen atoms in total. The number of allylic oxidation sites excluding steroid dienone is 6. The third-order valence-electron chi connectivity index (χ3n) is 15.2. The number of rotatable bonds is 7. The number of aliphatic hydroxyl groups is 2. The first kappa shape index (κ1) is 55.7. The van der Waals surface area contributed by atoms with E-state index in [1.165, 1.54) is 12.0 Å². The highest BCUT2D eigenvalue weighted by molar-refractivity contribution is 6.39. The molecule has 17 heteroatoms. The molecule has 0 spiro atoms. The summed E-state index contributed by atoms with van der Waals surface area (Å²) in [4.78, 5) is 72.3. The van der Waals surface area contributed by atoms with Gasteiger partial charge in [-0.2, -0.15) is 0 Å². The zero-order chi connectivity index (χ0) is 50.6. The number of nitrogens with zero attached hydrogens (tertiary/aromatic N) is 5. The molecule has 1 saturated carbocycles. The number of hydrogen-bond acceptors (Lipinski definition) is 15. The third-order valence-corrected chi connectivity index (χ3v) is 15.2. The molecule has 3 fully saturated rings. The van der Waals surface area contributed by atoms with Crippen LogP contribution >= 0.6 is 0 Å². The minimum absolute atomic E-state index is 0.0170. The molecule has 1 aliphatic carbocycles. The first-order chi connectivity index (χ1) is 32.8. The summed E-state index contributed by atoms with van der Waals surface area (Å²) in [6.07, 6.45) is 13.9. The quantitative estimate of drug-likeness (QED) is 0.181. The van der Waals surface area contributed by atoms with Gasteiger partial charge in [0.05, 0.1) is 24.4 Å². The van der Waals surface area contributed by atoms with Crippen molar-refractivity contribution >= 4 is 29.2 Å². The van der Waals surface area contributed by atoms with E-state index in [9.17, 15) is 34.2 Å². The molecule has 2 saturated heterocycles. The highest BCUT2D eigenvalue weighted by Gasteiger charge is 2.53. The third kappa shape index (κ3) is 14.2. The summed E-state index contributed by atoms with van der Waals surface area (Å²) in [7, 11) is 4.62. The maximum Gasteiger partial charge on any atom is 0.329 e. The minimum atomic E-state index is -2.43. The summed E-state index contributed by atoms with van der Waals surface area (Å²) in [5.41, 5.74) is 1.27. The number of aliphatic hydroxyl groups excluding tert-OH is 1. The van der Waals surface area contributed by atoms with Gasteiger partial charge in [-0.1, -0.05) is 71.1 Å². The summed E-state index contributed by atoms with van der Waals surface area (Å²) in [5, 5.41) is 35.2. The van der Waals surface area contributed by atoms with Crippen LogP contribution in [0.3, 0.4) is 0 Å². The molecule has 4 heterocycles. The molecule has 0 radical (unpaired) electrons. The lowest BCUT2D eigenvalue weighted by Crippen LogP contribution is -2.61. The molecule has 69 heavy (non-hydrogen) atoms. The van der Waals surface area contributed by atoms with Crippen molar-refractivity contribution in [3.8, 4) is 0 Å². The van der Waals surface area contributed by atoms with Gasteiger partial charge in [0.2, 0.25) is 5.79 Å². The molecule has 0 aromatic carbocycles. The second-order valence-electron chi connectivity index (χ2n) is 20.4. The number of cyclic esters (lactones) is 1. The average molecular weight is 966 g/mol. The summed E-state index contributed by atoms with van der Waals surface area (Å²) < 4.78 is 31.6.